The van der Waals surface area contributed by atoms with Gasteiger partial charge < -0.3 is 19.4 Å². The van der Waals surface area contributed by atoms with Crippen LogP contribution in [0.25, 0.3) is 22.2 Å². The van der Waals surface area contributed by atoms with Gasteiger partial charge in [0.2, 0.25) is 5.90 Å². The van der Waals surface area contributed by atoms with Crippen molar-refractivity contribution >= 4 is 45.8 Å². The zero-order valence-corrected chi connectivity index (χ0v) is 32.0. The van der Waals surface area contributed by atoms with Crippen LogP contribution < -0.4 is 0 Å². The summed E-state index contributed by atoms with van der Waals surface area (Å²) in [5.74, 6) is -0.462. The Balaban J connectivity index is 1.69. The van der Waals surface area contributed by atoms with Crippen LogP contribution in [0.3, 0.4) is 0 Å². The van der Waals surface area contributed by atoms with E-state index in [-0.39, 0.29) is 47.7 Å². The molecular formula is C42H53N5O5. The van der Waals surface area contributed by atoms with E-state index in [9.17, 15) is 14.4 Å². The molecule has 0 spiro atoms. The van der Waals surface area contributed by atoms with E-state index in [1.165, 1.54) is 0 Å². The molecule has 0 saturated heterocycles. The van der Waals surface area contributed by atoms with E-state index in [2.05, 4.69) is 43.7 Å². The molecule has 0 radical (unpaired) electrons. The van der Waals surface area contributed by atoms with Crippen LogP contribution in [0, 0.1) is 6.92 Å². The summed E-state index contributed by atoms with van der Waals surface area (Å²) in [5, 5.41) is 0. The number of ketones is 1. The van der Waals surface area contributed by atoms with Crippen LogP contribution >= 0.6 is 0 Å². The van der Waals surface area contributed by atoms with Crippen LogP contribution in [0.1, 0.15) is 179 Å². The van der Waals surface area contributed by atoms with Crippen molar-refractivity contribution in [3.8, 4) is 0 Å². The Kier molecular flexibility index (Phi) is 11.1. The first-order chi connectivity index (χ1) is 25.0. The molecule has 276 valence electrons. The predicted octanol–water partition coefficient (Wildman–Crippen LogP) is 9.28. The van der Waals surface area contributed by atoms with Crippen molar-refractivity contribution in [1.82, 2.24) is 19.9 Å². The number of H-pyrrole nitrogens is 2. The van der Waals surface area contributed by atoms with Crippen LogP contribution in [0.2, 0.25) is 0 Å². The largest absolute Gasteiger partial charge is 0.466 e. The van der Waals surface area contributed by atoms with Gasteiger partial charge in [-0.2, -0.15) is 0 Å². The third-order valence-corrected chi connectivity index (χ3v) is 11.2. The molecule has 0 aromatic carbocycles. The van der Waals surface area contributed by atoms with Crippen LogP contribution in [0.15, 0.2) is 23.2 Å². The average molecular weight is 708 g/mol. The van der Waals surface area contributed by atoms with E-state index in [0.29, 0.717) is 58.9 Å². The average Bonchev–Trinajstić information content (AvgIpc) is 3.79. The van der Waals surface area contributed by atoms with Gasteiger partial charge in [-0.3, -0.25) is 19.6 Å². The minimum atomic E-state index is -0.439. The Morgan fingerprint density at radius 3 is 2.40 bits per heavy atom. The molecule has 10 nitrogen and oxygen atoms in total. The van der Waals surface area contributed by atoms with Crippen molar-refractivity contribution in [2.24, 2.45) is 4.99 Å². The number of ether oxygens (including phenoxy) is 2. The number of aliphatic imine (C=N–C) groups is 1. The SMILES string of the molecule is CCCCCCN=C1OC(=O)c2c(C)c3cc4[nH]c(cc5nc(cc6nc(c1c2[nH]3)[C@@H](CCC(=O)OCCC)[C@@H]6C)C(C)=C5C(C)=O)[C@H](C)[C@H]4CC. The number of aryl methyl sites for hydroxylation is 1. The summed E-state index contributed by atoms with van der Waals surface area (Å²) in [6.07, 6.45) is 6.47. The number of aromatic amines is 2. The van der Waals surface area contributed by atoms with E-state index in [4.69, 9.17) is 24.4 Å². The first-order valence-electron chi connectivity index (χ1n) is 19.2. The maximum atomic E-state index is 13.8. The Labute approximate surface area is 306 Å². The minimum Gasteiger partial charge on any atom is -0.466 e. The number of esters is 2. The molecule has 0 fully saturated rings. The molecule has 4 aliphatic heterocycles. The van der Waals surface area contributed by atoms with E-state index in [0.717, 1.165) is 72.3 Å². The van der Waals surface area contributed by atoms with Crippen LogP contribution in [0.5, 0.6) is 0 Å². The highest BCUT2D eigenvalue weighted by molar-refractivity contribution is 6.27. The molecule has 10 heteroatoms. The topological polar surface area (TPSA) is 139 Å². The predicted molar refractivity (Wildman–Crippen MR) is 204 cm³/mol. The van der Waals surface area contributed by atoms with Gasteiger partial charge in [0.1, 0.15) is 0 Å². The molecule has 0 aliphatic carbocycles. The summed E-state index contributed by atoms with van der Waals surface area (Å²) in [7, 11) is 0. The molecule has 2 aromatic rings. The zero-order chi connectivity index (χ0) is 37.3. The number of unbranched alkanes of at least 4 members (excludes halogenated alkanes) is 3. The maximum Gasteiger partial charge on any atom is 0.347 e. The van der Waals surface area contributed by atoms with Crippen molar-refractivity contribution < 1.29 is 23.9 Å². The van der Waals surface area contributed by atoms with Gasteiger partial charge in [-0.1, -0.05) is 53.9 Å². The van der Waals surface area contributed by atoms with Gasteiger partial charge in [-0.25, -0.2) is 9.78 Å². The Morgan fingerprint density at radius 2 is 1.69 bits per heavy atom. The maximum absolute atomic E-state index is 13.8. The smallest absolute Gasteiger partial charge is 0.347 e. The molecule has 6 heterocycles. The molecule has 4 atom stereocenters. The number of aromatic nitrogens is 4. The van der Waals surface area contributed by atoms with E-state index in [1.807, 2.05) is 32.9 Å². The number of Topliss-reactive ketones (excluding diaryl/α,β-unsaturated/α-hetero) is 1. The summed E-state index contributed by atoms with van der Waals surface area (Å²) >= 11 is 0. The lowest BCUT2D eigenvalue weighted by molar-refractivity contribution is -0.143. The third-order valence-electron chi connectivity index (χ3n) is 11.2. The lowest BCUT2D eigenvalue weighted by atomic mass is 9.85. The second kappa shape index (κ2) is 15.6. The summed E-state index contributed by atoms with van der Waals surface area (Å²) in [6.45, 7) is 17.0. The van der Waals surface area contributed by atoms with Crippen LogP contribution in [-0.4, -0.2) is 56.7 Å². The monoisotopic (exact) mass is 707 g/mol. The van der Waals surface area contributed by atoms with Crippen molar-refractivity contribution in [2.45, 2.75) is 130 Å². The summed E-state index contributed by atoms with van der Waals surface area (Å²) in [4.78, 5) is 62.4. The second-order valence-electron chi connectivity index (χ2n) is 14.7. The third kappa shape index (κ3) is 6.96. The highest BCUT2D eigenvalue weighted by Crippen LogP contribution is 2.45. The van der Waals surface area contributed by atoms with E-state index in [1.54, 1.807) is 6.92 Å². The zero-order valence-electron chi connectivity index (χ0n) is 32.0. The summed E-state index contributed by atoms with van der Waals surface area (Å²) < 4.78 is 11.6. The first kappa shape index (κ1) is 37.2. The van der Waals surface area contributed by atoms with Gasteiger partial charge in [-0.15, -0.1) is 0 Å². The molecule has 0 unspecified atom stereocenters. The van der Waals surface area contributed by atoms with Crippen molar-refractivity contribution in [1.29, 1.82) is 0 Å². The molecule has 0 saturated carbocycles. The molecule has 2 aromatic heterocycles. The molecule has 2 N–H and O–H groups in total. The lowest BCUT2D eigenvalue weighted by Gasteiger charge is -2.21. The Hall–Kier alpha value is -4.60. The number of nitrogens with zero attached hydrogens (tertiary/aromatic N) is 3. The number of carbonyl (C=O) groups excluding carboxylic acids is 3. The highest BCUT2D eigenvalue weighted by Gasteiger charge is 2.38. The normalized spacial score (nSPS) is 21.0. The second-order valence-corrected chi connectivity index (χ2v) is 14.7. The Bertz CT molecular complexity index is 2030. The van der Waals surface area contributed by atoms with Gasteiger partial charge >= 0.3 is 11.9 Å². The lowest BCUT2D eigenvalue weighted by Crippen LogP contribution is -2.23. The number of allylic oxidation sites excluding steroid dienone is 2. The number of fused-ring (bicyclic) bond motifs is 8. The molecule has 4 aliphatic rings. The fourth-order valence-electron chi connectivity index (χ4n) is 8.15. The molecule has 6 rings (SSSR count). The summed E-state index contributed by atoms with van der Waals surface area (Å²) in [5.41, 5.74) is 9.63. The number of hydrogen-bond acceptors (Lipinski definition) is 8. The number of hydrogen-bond donors (Lipinski definition) is 2. The van der Waals surface area contributed by atoms with Gasteiger partial charge in [-0.05, 0) is 75.8 Å². The number of rotatable bonds is 12. The standard InChI is InChI=1S/C42H53N5O5/c1-9-12-13-14-17-43-41-38-39-28(15-16-35(49)51-18-10-2)23(5)30(46-39)19-31-24(6)36(26(8)48)34(45-31)21-29-22(4)27(11-3)33(44-29)20-32-25(7)37(40(38)47-32)42(50)52-41/h19-23,27-28,44,47H,9-18H2,1-8H3/t22-,23+,27-,28+/m1/s1. The van der Waals surface area contributed by atoms with Crippen molar-refractivity contribution in [3.05, 3.63) is 69.1 Å². The fraction of sp³-hybridized carbons (Fsp3) is 0.524. The Morgan fingerprint density at radius 1 is 0.904 bits per heavy atom. The van der Waals surface area contributed by atoms with Crippen LogP contribution in [-0.2, 0) is 19.1 Å². The number of carbonyl (C=O) groups is 3. The van der Waals surface area contributed by atoms with Gasteiger partial charge in [0.05, 0.1) is 40.3 Å². The van der Waals surface area contributed by atoms with Crippen LogP contribution in [0.4, 0.5) is 0 Å². The van der Waals surface area contributed by atoms with Crippen molar-refractivity contribution in [2.75, 3.05) is 13.2 Å². The highest BCUT2D eigenvalue weighted by atomic mass is 16.5. The van der Waals surface area contributed by atoms with Gasteiger partial charge in [0.25, 0.3) is 0 Å². The molecule has 0 amide bonds. The van der Waals surface area contributed by atoms with Gasteiger partial charge in [0.15, 0.2) is 5.78 Å². The summed E-state index contributed by atoms with van der Waals surface area (Å²) in [6, 6.07) is 6.09. The molecular weight excluding hydrogens is 654 g/mol. The van der Waals surface area contributed by atoms with E-state index >= 15 is 0 Å². The van der Waals surface area contributed by atoms with Crippen molar-refractivity contribution in [3.63, 3.8) is 0 Å². The first-order valence-corrected chi connectivity index (χ1v) is 19.2. The van der Waals surface area contributed by atoms with Gasteiger partial charge in [0, 0.05) is 64.8 Å². The molecule has 8 bridgehead atoms. The minimum absolute atomic E-state index is 0.0406. The number of nitrogens with one attached hydrogen (secondary N) is 2. The number of cyclic esters (lactones) is 1. The molecule has 52 heavy (non-hydrogen) atoms. The quantitative estimate of drug-likeness (QED) is 0.166. The van der Waals surface area contributed by atoms with E-state index < -0.39 is 5.97 Å². The fourth-order valence-corrected chi connectivity index (χ4v) is 8.15.